The first kappa shape index (κ1) is 29.8. The molecule has 0 spiro atoms. The molecule has 0 radical (unpaired) electrons. The Morgan fingerprint density at radius 2 is 1.53 bits per heavy atom. The number of likely N-dealkylation sites (N-methyl/N-ethyl adjacent to an activating group) is 1. The van der Waals surface area contributed by atoms with Crippen LogP contribution in [-0.2, 0) is 25.6 Å². The number of nitrogens with one attached hydrogen (secondary N) is 4. The third-order valence-electron chi connectivity index (χ3n) is 5.24. The first-order chi connectivity index (χ1) is 16.1. The summed E-state index contributed by atoms with van der Waals surface area (Å²) < 4.78 is 0. The fourth-order valence-corrected chi connectivity index (χ4v) is 4.00. The van der Waals surface area contributed by atoms with E-state index in [0.29, 0.717) is 5.75 Å². The van der Waals surface area contributed by atoms with Crippen LogP contribution >= 0.6 is 24.4 Å². The number of hydrogen-bond acceptors (Lipinski definition) is 7. The number of thioether (sulfide) groups is 1. The van der Waals surface area contributed by atoms with Crippen molar-refractivity contribution in [2.45, 2.75) is 50.9 Å². The topological polar surface area (TPSA) is 137 Å². The Kier molecular flexibility index (Phi) is 13.7. The zero-order chi connectivity index (χ0) is 25.7. The molecule has 0 saturated carbocycles. The molecule has 1 rings (SSSR count). The minimum atomic E-state index is -1.13. The summed E-state index contributed by atoms with van der Waals surface area (Å²) >= 11 is 5.62. The van der Waals surface area contributed by atoms with E-state index in [9.17, 15) is 24.3 Å². The summed E-state index contributed by atoms with van der Waals surface area (Å²) in [5, 5.41) is 20.3. The van der Waals surface area contributed by atoms with Crippen LogP contribution in [-0.4, -0.2) is 77.8 Å². The molecule has 1 aromatic carbocycles. The molecular formula is C23H36N4O5S2. The van der Waals surface area contributed by atoms with Crippen LogP contribution in [0.1, 0.15) is 25.8 Å². The van der Waals surface area contributed by atoms with Crippen molar-refractivity contribution in [3.8, 4) is 0 Å². The van der Waals surface area contributed by atoms with Crippen molar-refractivity contribution in [3.63, 3.8) is 0 Å². The van der Waals surface area contributed by atoms with Crippen LogP contribution in [0.25, 0.3) is 0 Å². The van der Waals surface area contributed by atoms with Crippen molar-refractivity contribution in [1.82, 2.24) is 21.3 Å². The zero-order valence-corrected chi connectivity index (χ0v) is 21.7. The lowest BCUT2D eigenvalue weighted by atomic mass is 10.0. The standard InChI is InChI=1S/C23H36N4O5S2/c1-14(2)19(27-21(29)18(13-33)24-3)22(30)26-17(12-15-8-6-5-7-9-15)20(28)25-16(23(31)32)10-11-34-4/h5-9,14,16-19,24,33H,10-13H2,1-4H3,(H,25,28)(H,26,30)(H,27,29)(H,31,32)/t16-,17-,18-,19-/m0/s1. The second-order valence-corrected chi connectivity index (χ2v) is 9.54. The average Bonchev–Trinajstić information content (AvgIpc) is 2.80. The number of amides is 3. The van der Waals surface area contributed by atoms with Crippen molar-refractivity contribution in [2.75, 3.05) is 24.8 Å². The predicted octanol–water partition coefficient (Wildman–Crippen LogP) is 0.695. The van der Waals surface area contributed by atoms with Crippen LogP contribution in [0.5, 0.6) is 0 Å². The minimum absolute atomic E-state index is 0.168. The Morgan fingerprint density at radius 3 is 2.03 bits per heavy atom. The molecule has 11 heteroatoms. The smallest absolute Gasteiger partial charge is 0.326 e. The first-order valence-electron chi connectivity index (χ1n) is 11.1. The maximum atomic E-state index is 13.2. The summed E-state index contributed by atoms with van der Waals surface area (Å²) in [7, 11) is 1.63. The molecule has 0 saturated heterocycles. The molecule has 4 atom stereocenters. The molecule has 1 aromatic rings. The molecule has 0 bridgehead atoms. The molecule has 5 N–H and O–H groups in total. The van der Waals surface area contributed by atoms with E-state index in [-0.39, 0.29) is 30.4 Å². The van der Waals surface area contributed by atoms with Gasteiger partial charge >= 0.3 is 5.97 Å². The van der Waals surface area contributed by atoms with E-state index in [0.717, 1.165) is 5.56 Å². The molecule has 0 aliphatic heterocycles. The predicted molar refractivity (Wildman–Crippen MR) is 138 cm³/mol. The van der Waals surface area contributed by atoms with Gasteiger partial charge in [0.25, 0.3) is 0 Å². The summed E-state index contributed by atoms with van der Waals surface area (Å²) in [4.78, 5) is 50.3. The fourth-order valence-electron chi connectivity index (χ4n) is 3.18. The van der Waals surface area contributed by atoms with E-state index >= 15 is 0 Å². The highest BCUT2D eigenvalue weighted by Gasteiger charge is 2.31. The third-order valence-corrected chi connectivity index (χ3v) is 6.24. The van der Waals surface area contributed by atoms with E-state index in [1.807, 2.05) is 36.6 Å². The van der Waals surface area contributed by atoms with Crippen molar-refractivity contribution in [2.24, 2.45) is 5.92 Å². The van der Waals surface area contributed by atoms with Gasteiger partial charge in [-0.2, -0.15) is 24.4 Å². The van der Waals surface area contributed by atoms with E-state index < -0.39 is 42.0 Å². The number of carbonyl (C=O) groups is 4. The number of carboxylic acids is 1. The van der Waals surface area contributed by atoms with E-state index in [1.165, 1.54) is 11.8 Å². The van der Waals surface area contributed by atoms with E-state index in [4.69, 9.17) is 0 Å². The monoisotopic (exact) mass is 512 g/mol. The van der Waals surface area contributed by atoms with E-state index in [2.05, 4.69) is 33.9 Å². The van der Waals surface area contributed by atoms with Gasteiger partial charge in [-0.05, 0) is 37.0 Å². The summed E-state index contributed by atoms with van der Waals surface area (Å²) in [6.07, 6.45) is 2.28. The Morgan fingerprint density at radius 1 is 0.941 bits per heavy atom. The van der Waals surface area contributed by atoms with Crippen molar-refractivity contribution in [3.05, 3.63) is 35.9 Å². The highest BCUT2D eigenvalue weighted by atomic mass is 32.2. The van der Waals surface area contributed by atoms with Gasteiger partial charge in [0.2, 0.25) is 17.7 Å². The van der Waals surface area contributed by atoms with Crippen molar-refractivity contribution >= 4 is 48.1 Å². The van der Waals surface area contributed by atoms with Crippen LogP contribution in [0.2, 0.25) is 0 Å². The normalized spacial score (nSPS) is 14.5. The second-order valence-electron chi connectivity index (χ2n) is 8.19. The van der Waals surface area contributed by atoms with Crippen molar-refractivity contribution in [1.29, 1.82) is 0 Å². The lowest BCUT2D eigenvalue weighted by molar-refractivity contribution is -0.142. The van der Waals surface area contributed by atoms with Gasteiger partial charge in [-0.1, -0.05) is 44.2 Å². The van der Waals surface area contributed by atoms with Crippen LogP contribution in [0.3, 0.4) is 0 Å². The number of rotatable bonds is 15. The van der Waals surface area contributed by atoms with Crippen LogP contribution in [0.15, 0.2) is 30.3 Å². The van der Waals surface area contributed by atoms with Gasteiger partial charge in [0.1, 0.15) is 18.1 Å². The van der Waals surface area contributed by atoms with Crippen LogP contribution in [0.4, 0.5) is 0 Å². The second kappa shape index (κ2) is 15.6. The highest BCUT2D eigenvalue weighted by molar-refractivity contribution is 7.98. The SMILES string of the molecule is CN[C@@H](CS)C(=O)N[C@H](C(=O)N[C@@H](Cc1ccccc1)C(=O)N[C@@H](CCSC)C(=O)O)C(C)C. The quantitative estimate of drug-likeness (QED) is 0.190. The molecule has 190 valence electrons. The number of carbonyl (C=O) groups excluding carboxylic acids is 3. The maximum absolute atomic E-state index is 13.2. The summed E-state index contributed by atoms with van der Waals surface area (Å²) in [6.45, 7) is 3.57. The number of benzene rings is 1. The zero-order valence-electron chi connectivity index (χ0n) is 20.0. The molecule has 0 unspecified atom stereocenters. The Bertz CT molecular complexity index is 806. The average molecular weight is 513 g/mol. The van der Waals surface area contributed by atoms with Gasteiger partial charge < -0.3 is 26.4 Å². The third kappa shape index (κ3) is 9.94. The Labute approximate surface area is 211 Å². The molecule has 0 heterocycles. The molecule has 3 amide bonds. The Hall–Kier alpha value is -2.24. The summed E-state index contributed by atoms with van der Waals surface area (Å²) in [5.74, 6) is -2.07. The number of hydrogen-bond donors (Lipinski definition) is 6. The van der Waals surface area contributed by atoms with Gasteiger partial charge in [0.15, 0.2) is 0 Å². The number of carboxylic acid groups (broad SMARTS) is 1. The van der Waals surface area contributed by atoms with Gasteiger partial charge in [-0.25, -0.2) is 4.79 Å². The van der Waals surface area contributed by atoms with Crippen LogP contribution in [0, 0.1) is 5.92 Å². The molecule has 0 aliphatic rings. The Balaban J connectivity index is 3.08. The first-order valence-corrected chi connectivity index (χ1v) is 13.1. The number of thiol groups is 1. The highest BCUT2D eigenvalue weighted by Crippen LogP contribution is 2.09. The molecular weight excluding hydrogens is 476 g/mol. The lowest BCUT2D eigenvalue weighted by Gasteiger charge is -2.27. The van der Waals surface area contributed by atoms with Crippen molar-refractivity contribution < 1.29 is 24.3 Å². The van der Waals surface area contributed by atoms with Crippen LogP contribution < -0.4 is 21.3 Å². The summed E-state index contributed by atoms with van der Waals surface area (Å²) in [5.41, 5.74) is 0.800. The summed E-state index contributed by atoms with van der Waals surface area (Å²) in [6, 6.07) is 5.56. The molecule has 34 heavy (non-hydrogen) atoms. The maximum Gasteiger partial charge on any atom is 0.326 e. The molecule has 0 aliphatic carbocycles. The largest absolute Gasteiger partial charge is 0.480 e. The molecule has 0 fully saturated rings. The molecule has 9 nitrogen and oxygen atoms in total. The number of aliphatic carboxylic acids is 1. The van der Waals surface area contributed by atoms with Gasteiger partial charge in [0.05, 0.1) is 6.04 Å². The minimum Gasteiger partial charge on any atom is -0.480 e. The molecule has 0 aromatic heterocycles. The van der Waals surface area contributed by atoms with Gasteiger partial charge in [-0.3, -0.25) is 14.4 Å². The fraction of sp³-hybridized carbons (Fsp3) is 0.565. The lowest BCUT2D eigenvalue weighted by Crippen LogP contribution is -2.59. The van der Waals surface area contributed by atoms with E-state index in [1.54, 1.807) is 20.9 Å². The van der Waals surface area contributed by atoms with Gasteiger partial charge in [0, 0.05) is 12.2 Å². The van der Waals surface area contributed by atoms with Gasteiger partial charge in [-0.15, -0.1) is 0 Å².